The molecule has 0 saturated carbocycles. The first-order chi connectivity index (χ1) is 14.1. The van der Waals surface area contributed by atoms with Crippen molar-refractivity contribution in [2.45, 2.75) is 25.7 Å². The molecule has 148 valence electrons. The second-order valence-electron chi connectivity index (χ2n) is 6.34. The lowest BCUT2D eigenvalue weighted by Gasteiger charge is -2.09. The summed E-state index contributed by atoms with van der Waals surface area (Å²) in [5.74, 6) is 0. The molecular weight excluding hydrogens is 417 g/mol. The third-order valence-electron chi connectivity index (χ3n) is 4.39. The summed E-state index contributed by atoms with van der Waals surface area (Å²) in [5.41, 5.74) is 5.54. The van der Waals surface area contributed by atoms with Crippen LogP contribution >= 0.6 is 35.1 Å². The van der Waals surface area contributed by atoms with Crippen molar-refractivity contribution in [1.29, 1.82) is 0 Å². The minimum Gasteiger partial charge on any atom is -0.279 e. The van der Waals surface area contributed by atoms with Crippen LogP contribution in [0, 0.1) is 6.92 Å². The highest BCUT2D eigenvalue weighted by atomic mass is 35.5. The van der Waals surface area contributed by atoms with Gasteiger partial charge in [-0.2, -0.15) is 0 Å². The maximum atomic E-state index is 6.33. The van der Waals surface area contributed by atoms with Gasteiger partial charge in [-0.3, -0.25) is 3.97 Å². The van der Waals surface area contributed by atoms with Crippen LogP contribution in [0.25, 0.3) is 28.1 Å². The average Bonchev–Trinajstić information content (AvgIpc) is 3.01. The van der Waals surface area contributed by atoms with E-state index in [1.807, 2.05) is 69.3 Å². The van der Waals surface area contributed by atoms with E-state index in [-0.39, 0.29) is 0 Å². The lowest BCUT2D eigenvalue weighted by atomic mass is 10.0. The van der Waals surface area contributed by atoms with E-state index in [1.54, 1.807) is 11.9 Å². The van der Waals surface area contributed by atoms with Crippen LogP contribution in [0.3, 0.4) is 0 Å². The molecule has 4 rings (SSSR count). The number of nitrogens with zero attached hydrogens (tertiary/aromatic N) is 1. The van der Waals surface area contributed by atoms with E-state index >= 15 is 0 Å². The van der Waals surface area contributed by atoms with Gasteiger partial charge >= 0.3 is 0 Å². The van der Waals surface area contributed by atoms with Crippen LogP contribution in [0.5, 0.6) is 0 Å². The predicted octanol–water partition coefficient (Wildman–Crippen LogP) is 9.15. The number of fused-ring (bicyclic) bond motifs is 1. The van der Waals surface area contributed by atoms with Gasteiger partial charge in [0.25, 0.3) is 0 Å². The molecule has 0 bridgehead atoms. The van der Waals surface area contributed by atoms with E-state index < -0.39 is 0 Å². The summed E-state index contributed by atoms with van der Waals surface area (Å²) in [6, 6.07) is 22.4. The van der Waals surface area contributed by atoms with Crippen LogP contribution in [-0.2, 0) is 0 Å². The van der Waals surface area contributed by atoms with Crippen molar-refractivity contribution in [2.75, 3.05) is 0 Å². The zero-order chi connectivity index (χ0) is 21.0. The number of rotatable bonds is 4. The van der Waals surface area contributed by atoms with Crippen LogP contribution in [0.2, 0.25) is 10.0 Å². The van der Waals surface area contributed by atoms with Gasteiger partial charge in [-0.1, -0.05) is 74.0 Å². The number of aromatic nitrogens is 1. The minimum atomic E-state index is 0.719. The van der Waals surface area contributed by atoms with Crippen LogP contribution in [0.15, 0.2) is 78.2 Å². The summed E-state index contributed by atoms with van der Waals surface area (Å²) in [5, 5.41) is 2.56. The molecule has 0 saturated heterocycles. The molecule has 0 aliphatic heterocycles. The Morgan fingerprint density at radius 2 is 1.62 bits per heavy atom. The summed E-state index contributed by atoms with van der Waals surface area (Å²) in [6.07, 6.45) is 1.90. The topological polar surface area (TPSA) is 4.93 Å². The Morgan fingerprint density at radius 3 is 2.28 bits per heavy atom. The maximum absolute atomic E-state index is 6.33. The number of benzene rings is 3. The van der Waals surface area contributed by atoms with Gasteiger partial charge < -0.3 is 0 Å². The van der Waals surface area contributed by atoms with Gasteiger partial charge in [0, 0.05) is 25.9 Å². The molecule has 0 aliphatic carbocycles. The molecule has 4 heteroatoms. The van der Waals surface area contributed by atoms with E-state index in [1.165, 1.54) is 0 Å². The molecule has 4 aromatic rings. The molecule has 0 fully saturated rings. The third kappa shape index (κ3) is 4.56. The first-order valence-electron chi connectivity index (χ1n) is 9.54. The van der Waals surface area contributed by atoms with Gasteiger partial charge in [-0.25, -0.2) is 0 Å². The molecule has 1 aromatic heterocycles. The van der Waals surface area contributed by atoms with Crippen molar-refractivity contribution in [3.8, 4) is 11.1 Å². The standard InChI is InChI=1S/C23H17Cl2NS.C2H6/c1-3-21-23(16-7-5-4-6-8-16)20-14-17(24)9-10-22(20)26(21)27-19-12-15(2)11-18(25)13-19;1-2/h3-14H,1H2,2H3;1-2H3. The molecule has 1 heterocycles. The highest BCUT2D eigenvalue weighted by molar-refractivity contribution is 7.98. The quantitative estimate of drug-likeness (QED) is 0.306. The summed E-state index contributed by atoms with van der Waals surface area (Å²) in [6.45, 7) is 10.1. The number of hydrogen-bond donors (Lipinski definition) is 0. The zero-order valence-electron chi connectivity index (χ0n) is 16.7. The van der Waals surface area contributed by atoms with E-state index in [0.29, 0.717) is 0 Å². The second-order valence-corrected chi connectivity index (χ2v) is 8.23. The normalized spacial score (nSPS) is 10.5. The molecule has 3 aromatic carbocycles. The summed E-state index contributed by atoms with van der Waals surface area (Å²) in [7, 11) is 0. The van der Waals surface area contributed by atoms with Crippen molar-refractivity contribution < 1.29 is 0 Å². The predicted molar refractivity (Wildman–Crippen MR) is 131 cm³/mol. The van der Waals surface area contributed by atoms with Crippen LogP contribution in [0.4, 0.5) is 0 Å². The summed E-state index contributed by atoms with van der Waals surface area (Å²) in [4.78, 5) is 1.08. The van der Waals surface area contributed by atoms with Crippen LogP contribution in [-0.4, -0.2) is 3.97 Å². The van der Waals surface area contributed by atoms with E-state index in [0.717, 1.165) is 48.2 Å². The van der Waals surface area contributed by atoms with Gasteiger partial charge in [0.15, 0.2) is 0 Å². The smallest absolute Gasteiger partial charge is 0.0609 e. The Morgan fingerprint density at radius 1 is 0.897 bits per heavy atom. The summed E-state index contributed by atoms with van der Waals surface area (Å²) < 4.78 is 2.20. The third-order valence-corrected chi connectivity index (χ3v) is 5.87. The molecule has 1 nitrogen and oxygen atoms in total. The van der Waals surface area contributed by atoms with Gasteiger partial charge in [0.2, 0.25) is 0 Å². The maximum Gasteiger partial charge on any atom is 0.0609 e. The van der Waals surface area contributed by atoms with Crippen molar-refractivity contribution in [3.05, 3.63) is 94.6 Å². The Kier molecular flexibility index (Phi) is 7.13. The SMILES string of the molecule is C=Cc1c(-c2ccccc2)c2cc(Cl)ccc2n1Sc1cc(C)cc(Cl)c1.CC. The van der Waals surface area contributed by atoms with E-state index in [4.69, 9.17) is 23.2 Å². The molecule has 29 heavy (non-hydrogen) atoms. The minimum absolute atomic E-state index is 0.719. The Labute approximate surface area is 187 Å². The van der Waals surface area contributed by atoms with E-state index in [2.05, 4.69) is 34.8 Å². The molecule has 0 aliphatic rings. The van der Waals surface area contributed by atoms with E-state index in [9.17, 15) is 0 Å². The Hall–Kier alpha value is -2.13. The lowest BCUT2D eigenvalue weighted by Crippen LogP contribution is -1.91. The molecule has 0 unspecified atom stereocenters. The van der Waals surface area contributed by atoms with Gasteiger partial charge in [0.05, 0.1) is 11.2 Å². The number of halogens is 2. The van der Waals surface area contributed by atoms with Crippen molar-refractivity contribution in [2.24, 2.45) is 0 Å². The molecule has 0 amide bonds. The first-order valence-corrected chi connectivity index (χ1v) is 11.1. The van der Waals surface area contributed by atoms with Crippen molar-refractivity contribution in [1.82, 2.24) is 3.97 Å². The molecule has 0 N–H and O–H groups in total. The van der Waals surface area contributed by atoms with Crippen LogP contribution < -0.4 is 0 Å². The fourth-order valence-electron chi connectivity index (χ4n) is 3.31. The molecular formula is C25H23Cl2NS. The number of aryl methyl sites for hydroxylation is 1. The van der Waals surface area contributed by atoms with Crippen molar-refractivity contribution >= 4 is 52.1 Å². The second kappa shape index (κ2) is 9.58. The fourth-order valence-corrected chi connectivity index (χ4v) is 4.98. The summed E-state index contributed by atoms with van der Waals surface area (Å²) >= 11 is 14.2. The van der Waals surface area contributed by atoms with Gasteiger partial charge in [0.1, 0.15) is 0 Å². The highest BCUT2D eigenvalue weighted by Crippen LogP contribution is 2.41. The zero-order valence-corrected chi connectivity index (χ0v) is 19.1. The van der Waals surface area contributed by atoms with Crippen LogP contribution in [0.1, 0.15) is 25.1 Å². The van der Waals surface area contributed by atoms with Gasteiger partial charge in [-0.15, -0.1) is 0 Å². The Bertz CT molecular complexity index is 1130. The molecule has 0 atom stereocenters. The monoisotopic (exact) mass is 439 g/mol. The first kappa shape index (κ1) is 21.6. The van der Waals surface area contributed by atoms with Crippen molar-refractivity contribution in [3.63, 3.8) is 0 Å². The van der Waals surface area contributed by atoms with Gasteiger partial charge in [-0.05, 0) is 72.5 Å². The lowest BCUT2D eigenvalue weighted by molar-refractivity contribution is 1.28. The fraction of sp³-hybridized carbons (Fsp3) is 0.120. The molecule has 0 spiro atoms. The highest BCUT2D eigenvalue weighted by Gasteiger charge is 2.18. The molecule has 0 radical (unpaired) electrons. The Balaban J connectivity index is 0.00000117. The largest absolute Gasteiger partial charge is 0.279 e. The number of hydrogen-bond acceptors (Lipinski definition) is 1. The average molecular weight is 440 g/mol.